The number of nitrogens with zero attached hydrogens (tertiary/aromatic N) is 4. The fourth-order valence-corrected chi connectivity index (χ4v) is 7.57. The second-order valence-corrected chi connectivity index (χ2v) is 13.4. The van der Waals surface area contributed by atoms with Crippen LogP contribution < -0.4 is 0 Å². The molecule has 6 nitrogen and oxygen atoms in total. The van der Waals surface area contributed by atoms with Crippen LogP contribution in [0, 0.1) is 0 Å². The molecule has 0 fully saturated rings. The Labute approximate surface area is 309 Å². The second kappa shape index (κ2) is 12.1. The van der Waals surface area contributed by atoms with Gasteiger partial charge in [-0.3, -0.25) is 0 Å². The zero-order valence-corrected chi connectivity index (χ0v) is 28.8. The Balaban J connectivity index is 1.18. The summed E-state index contributed by atoms with van der Waals surface area (Å²) in [5, 5.41) is 6.05. The van der Waals surface area contributed by atoms with Crippen molar-refractivity contribution in [2.45, 2.75) is 0 Å². The highest BCUT2D eigenvalue weighted by Crippen LogP contribution is 2.44. The van der Waals surface area contributed by atoms with Gasteiger partial charge < -0.3 is 8.83 Å². The van der Waals surface area contributed by atoms with E-state index in [4.69, 9.17) is 28.8 Å². The SMILES string of the molecule is c1ccc(-c2ccc(-c3nc(-c4cccc5ccccc45)nc(-c4cc5ccccc5c5c4oc4ccc6nc(-c7ccccc7)oc6c45)n3)cc2)cc1. The van der Waals surface area contributed by atoms with Crippen LogP contribution in [0.2, 0.25) is 0 Å². The van der Waals surface area contributed by atoms with Crippen molar-refractivity contribution in [3.63, 3.8) is 0 Å². The van der Waals surface area contributed by atoms with Crippen LogP contribution >= 0.6 is 0 Å². The molecule has 252 valence electrons. The summed E-state index contributed by atoms with van der Waals surface area (Å²) in [5.41, 5.74) is 8.58. The Morgan fingerprint density at radius 3 is 1.76 bits per heavy atom. The highest BCUT2D eigenvalue weighted by molar-refractivity contribution is 6.27. The van der Waals surface area contributed by atoms with Crippen LogP contribution in [0.5, 0.6) is 0 Å². The van der Waals surface area contributed by atoms with Crippen LogP contribution in [-0.2, 0) is 0 Å². The molecule has 3 aromatic heterocycles. The first-order valence-electron chi connectivity index (χ1n) is 17.9. The van der Waals surface area contributed by atoms with Gasteiger partial charge in [0.15, 0.2) is 23.1 Å². The third-order valence-corrected chi connectivity index (χ3v) is 10.2. The number of hydrogen-bond acceptors (Lipinski definition) is 6. The van der Waals surface area contributed by atoms with Gasteiger partial charge in [-0.2, -0.15) is 0 Å². The smallest absolute Gasteiger partial charge is 0.227 e. The minimum Gasteiger partial charge on any atom is -0.455 e. The predicted molar refractivity (Wildman–Crippen MR) is 217 cm³/mol. The molecule has 11 rings (SSSR count). The van der Waals surface area contributed by atoms with Crippen molar-refractivity contribution in [2.75, 3.05) is 0 Å². The quantitative estimate of drug-likeness (QED) is 0.179. The molecule has 0 amide bonds. The molecule has 6 heteroatoms. The summed E-state index contributed by atoms with van der Waals surface area (Å²) in [6.07, 6.45) is 0. The maximum atomic E-state index is 6.81. The molecule has 0 bridgehead atoms. The lowest BCUT2D eigenvalue weighted by atomic mass is 9.99. The summed E-state index contributed by atoms with van der Waals surface area (Å²) in [5.74, 6) is 2.24. The van der Waals surface area contributed by atoms with Gasteiger partial charge in [-0.05, 0) is 63.0 Å². The molecule has 0 aliphatic heterocycles. The first-order chi connectivity index (χ1) is 26.7. The maximum Gasteiger partial charge on any atom is 0.227 e. The van der Waals surface area contributed by atoms with Crippen LogP contribution in [0.1, 0.15) is 0 Å². The highest BCUT2D eigenvalue weighted by atomic mass is 16.4. The number of oxazole rings is 1. The summed E-state index contributed by atoms with van der Waals surface area (Å²) in [4.78, 5) is 20.4. The lowest BCUT2D eigenvalue weighted by Crippen LogP contribution is -2.01. The van der Waals surface area contributed by atoms with E-state index in [1.165, 1.54) is 0 Å². The summed E-state index contributed by atoms with van der Waals surface area (Å²) in [7, 11) is 0. The molecule has 0 aliphatic carbocycles. The van der Waals surface area contributed by atoms with Gasteiger partial charge in [0.2, 0.25) is 5.89 Å². The fraction of sp³-hybridized carbons (Fsp3) is 0. The number of fused-ring (bicyclic) bond motifs is 8. The van der Waals surface area contributed by atoms with Crippen LogP contribution in [0.15, 0.2) is 179 Å². The van der Waals surface area contributed by atoms with Crippen molar-refractivity contribution in [2.24, 2.45) is 0 Å². The van der Waals surface area contributed by atoms with Crippen LogP contribution in [0.4, 0.5) is 0 Å². The first kappa shape index (κ1) is 30.2. The van der Waals surface area contributed by atoms with E-state index in [1.54, 1.807) is 0 Å². The molecule has 0 saturated carbocycles. The first-order valence-corrected chi connectivity index (χ1v) is 17.9. The van der Waals surface area contributed by atoms with E-state index >= 15 is 0 Å². The topological polar surface area (TPSA) is 77.8 Å². The molecule has 0 spiro atoms. The lowest BCUT2D eigenvalue weighted by molar-refractivity contribution is 0.622. The molecule has 0 unspecified atom stereocenters. The summed E-state index contributed by atoms with van der Waals surface area (Å²) in [6, 6.07) is 57.7. The summed E-state index contributed by atoms with van der Waals surface area (Å²) >= 11 is 0. The van der Waals surface area contributed by atoms with Crippen molar-refractivity contribution in [3.05, 3.63) is 170 Å². The van der Waals surface area contributed by atoms with E-state index in [0.29, 0.717) is 40.1 Å². The molecule has 0 N–H and O–H groups in total. The van der Waals surface area contributed by atoms with Crippen LogP contribution in [-0.4, -0.2) is 19.9 Å². The largest absolute Gasteiger partial charge is 0.455 e. The number of rotatable bonds is 5. The normalized spacial score (nSPS) is 11.7. The molecule has 0 atom stereocenters. The van der Waals surface area contributed by atoms with E-state index in [1.807, 2.05) is 66.7 Å². The fourth-order valence-electron chi connectivity index (χ4n) is 7.57. The molecular formula is C48H28N4O2. The number of aromatic nitrogens is 4. The molecule has 8 aromatic carbocycles. The minimum absolute atomic E-state index is 0.517. The Morgan fingerprint density at radius 2 is 0.963 bits per heavy atom. The van der Waals surface area contributed by atoms with Gasteiger partial charge in [0, 0.05) is 22.1 Å². The summed E-state index contributed by atoms with van der Waals surface area (Å²) < 4.78 is 13.4. The Hall–Kier alpha value is -7.44. The molecule has 54 heavy (non-hydrogen) atoms. The van der Waals surface area contributed by atoms with E-state index in [-0.39, 0.29) is 0 Å². The number of benzene rings is 8. The highest BCUT2D eigenvalue weighted by Gasteiger charge is 2.24. The van der Waals surface area contributed by atoms with E-state index in [0.717, 1.165) is 71.2 Å². The van der Waals surface area contributed by atoms with Crippen molar-refractivity contribution in [1.29, 1.82) is 0 Å². The zero-order chi connectivity index (χ0) is 35.6. The van der Waals surface area contributed by atoms with Gasteiger partial charge in [-0.1, -0.05) is 140 Å². The van der Waals surface area contributed by atoms with Gasteiger partial charge >= 0.3 is 0 Å². The summed E-state index contributed by atoms with van der Waals surface area (Å²) in [6.45, 7) is 0. The maximum absolute atomic E-state index is 6.81. The van der Waals surface area contributed by atoms with Crippen molar-refractivity contribution in [1.82, 2.24) is 19.9 Å². The monoisotopic (exact) mass is 692 g/mol. The Kier molecular flexibility index (Phi) is 6.75. The molecule has 11 aromatic rings. The van der Waals surface area contributed by atoms with Crippen molar-refractivity contribution < 1.29 is 8.83 Å². The average molecular weight is 693 g/mol. The molecular weight excluding hydrogens is 665 g/mol. The van der Waals surface area contributed by atoms with Gasteiger partial charge in [-0.15, -0.1) is 0 Å². The minimum atomic E-state index is 0.517. The molecule has 0 radical (unpaired) electrons. The molecule has 3 heterocycles. The van der Waals surface area contributed by atoms with Crippen LogP contribution in [0.25, 0.3) is 111 Å². The van der Waals surface area contributed by atoms with Gasteiger partial charge in [0.25, 0.3) is 0 Å². The lowest BCUT2D eigenvalue weighted by Gasteiger charge is -2.12. The van der Waals surface area contributed by atoms with Crippen molar-refractivity contribution in [3.8, 4) is 56.7 Å². The van der Waals surface area contributed by atoms with E-state index in [9.17, 15) is 0 Å². The van der Waals surface area contributed by atoms with Crippen molar-refractivity contribution >= 4 is 54.6 Å². The second-order valence-electron chi connectivity index (χ2n) is 13.4. The predicted octanol–water partition coefficient (Wildman–Crippen LogP) is 12.6. The molecule has 0 saturated heterocycles. The van der Waals surface area contributed by atoms with E-state index < -0.39 is 0 Å². The van der Waals surface area contributed by atoms with Crippen LogP contribution in [0.3, 0.4) is 0 Å². The zero-order valence-electron chi connectivity index (χ0n) is 28.8. The van der Waals surface area contributed by atoms with Gasteiger partial charge in [0.05, 0.1) is 10.9 Å². The average Bonchev–Trinajstić information content (AvgIpc) is 3.86. The number of furan rings is 1. The van der Waals surface area contributed by atoms with Gasteiger partial charge in [0.1, 0.15) is 16.7 Å². The molecule has 0 aliphatic rings. The Bertz CT molecular complexity index is 3200. The van der Waals surface area contributed by atoms with E-state index in [2.05, 4.69) is 103 Å². The van der Waals surface area contributed by atoms with Gasteiger partial charge in [-0.25, -0.2) is 19.9 Å². The standard InChI is InChI=1S/C48H28N4O2/c1-3-12-29(13-4-1)30-22-24-32(25-23-30)45-50-46(37-21-11-18-31-14-7-9-19-35(31)37)52-47(51-45)38-28-34-17-8-10-20-36(34)41-42-40(53-43(38)41)27-26-39-44(42)54-48(49-39)33-15-5-2-6-16-33/h1-28H. The Morgan fingerprint density at radius 1 is 0.352 bits per heavy atom. The third-order valence-electron chi connectivity index (χ3n) is 10.2. The third kappa shape index (κ3) is 4.89. The number of hydrogen-bond donors (Lipinski definition) is 0.